The Morgan fingerprint density at radius 1 is 0.964 bits per heavy atom. The molecule has 1 aromatic heterocycles. The minimum atomic E-state index is -3.78. The Kier molecular flexibility index (Phi) is 6.90. The largest absolute Gasteiger partial charge is 0.384 e. The van der Waals surface area contributed by atoms with Gasteiger partial charge in [-0.3, -0.25) is 5.10 Å². The number of nitrogens with zero attached hydrogens (tertiary/aromatic N) is 1. The molecule has 0 bridgehead atoms. The molecule has 28 heavy (non-hydrogen) atoms. The van der Waals surface area contributed by atoms with Crippen molar-refractivity contribution in [2.75, 3.05) is 18.4 Å². The van der Waals surface area contributed by atoms with Crippen molar-refractivity contribution in [3.05, 3.63) is 60.7 Å². The molecule has 1 heterocycles. The van der Waals surface area contributed by atoms with Crippen molar-refractivity contribution >= 4 is 62.0 Å². The number of aromatic amines is 1. The molecule has 3 aromatic carbocycles. The Hall–Kier alpha value is -2.32. The lowest BCUT2D eigenvalue weighted by Gasteiger charge is -2.08. The van der Waals surface area contributed by atoms with E-state index in [0.29, 0.717) is 29.4 Å². The van der Waals surface area contributed by atoms with Crippen molar-refractivity contribution in [3.8, 4) is 0 Å². The average molecular weight is 439 g/mol. The van der Waals surface area contributed by atoms with Gasteiger partial charge in [-0.2, -0.15) is 5.10 Å². The lowest BCUT2D eigenvalue weighted by molar-refractivity contribution is 0.593. The van der Waals surface area contributed by atoms with Crippen molar-refractivity contribution in [1.82, 2.24) is 10.2 Å². The molecule has 148 valence electrons. The summed E-state index contributed by atoms with van der Waals surface area (Å²) in [6.45, 7) is 1.10. The Balaban J connectivity index is 0.00000140. The zero-order valence-corrected chi connectivity index (χ0v) is 17.2. The number of halogens is 2. The van der Waals surface area contributed by atoms with Crippen LogP contribution in [0.15, 0.2) is 70.6 Å². The number of fused-ring (bicyclic) bond motifs is 2. The number of benzene rings is 3. The van der Waals surface area contributed by atoms with Crippen molar-refractivity contribution in [2.45, 2.75) is 9.92 Å². The van der Waals surface area contributed by atoms with Gasteiger partial charge in [-0.25, -0.2) is 8.42 Å². The SMILES string of the molecule is Cl.Cl.NCCNc1ccc2[nH]nc(S(=O)(=O)c3cccc4ccccc34)c2c1. The molecule has 4 N–H and O–H groups in total. The summed E-state index contributed by atoms with van der Waals surface area (Å²) in [6, 6.07) is 18.1. The van der Waals surface area contributed by atoms with E-state index in [2.05, 4.69) is 15.5 Å². The van der Waals surface area contributed by atoms with E-state index in [4.69, 9.17) is 5.73 Å². The molecule has 0 fully saturated rings. The zero-order chi connectivity index (χ0) is 18.1. The molecule has 4 aromatic rings. The molecule has 0 saturated carbocycles. The number of aromatic nitrogens is 2. The predicted molar refractivity (Wildman–Crippen MR) is 118 cm³/mol. The first-order chi connectivity index (χ1) is 12.6. The molecule has 0 atom stereocenters. The van der Waals surface area contributed by atoms with Gasteiger partial charge >= 0.3 is 0 Å². The summed E-state index contributed by atoms with van der Waals surface area (Å²) in [5, 5.41) is 12.2. The van der Waals surface area contributed by atoms with Crippen molar-refractivity contribution in [3.63, 3.8) is 0 Å². The summed E-state index contributed by atoms with van der Waals surface area (Å²) in [7, 11) is -3.78. The maximum Gasteiger partial charge on any atom is 0.226 e. The van der Waals surface area contributed by atoms with Crippen molar-refractivity contribution < 1.29 is 8.42 Å². The number of anilines is 1. The first-order valence-corrected chi connectivity index (χ1v) is 9.74. The van der Waals surface area contributed by atoms with Gasteiger partial charge in [0.1, 0.15) is 0 Å². The molecular formula is C19H20Cl2N4O2S. The lowest BCUT2D eigenvalue weighted by Crippen LogP contribution is -2.12. The second kappa shape index (κ2) is 8.79. The smallest absolute Gasteiger partial charge is 0.226 e. The van der Waals surface area contributed by atoms with E-state index in [1.807, 2.05) is 42.5 Å². The monoisotopic (exact) mass is 438 g/mol. The van der Waals surface area contributed by atoms with E-state index in [1.165, 1.54) is 0 Å². The molecule has 0 aliphatic heterocycles. The zero-order valence-electron chi connectivity index (χ0n) is 14.8. The summed E-state index contributed by atoms with van der Waals surface area (Å²) < 4.78 is 26.7. The number of H-pyrrole nitrogens is 1. The molecule has 4 rings (SSSR count). The van der Waals surface area contributed by atoms with E-state index < -0.39 is 9.84 Å². The maximum absolute atomic E-state index is 13.3. The number of hydrogen-bond acceptors (Lipinski definition) is 5. The highest BCUT2D eigenvalue weighted by molar-refractivity contribution is 7.91. The van der Waals surface area contributed by atoms with Gasteiger partial charge in [0.25, 0.3) is 0 Å². The Bertz CT molecular complexity index is 1200. The van der Waals surface area contributed by atoms with E-state index in [-0.39, 0.29) is 34.7 Å². The normalized spacial score (nSPS) is 11.0. The van der Waals surface area contributed by atoms with Crippen LogP contribution in [0.4, 0.5) is 5.69 Å². The van der Waals surface area contributed by atoms with Crippen LogP contribution in [0.25, 0.3) is 21.7 Å². The van der Waals surface area contributed by atoms with Gasteiger partial charge in [-0.05, 0) is 29.7 Å². The minimum Gasteiger partial charge on any atom is -0.384 e. The first kappa shape index (κ1) is 22.0. The molecule has 9 heteroatoms. The number of sulfone groups is 1. The summed E-state index contributed by atoms with van der Waals surface area (Å²) >= 11 is 0. The van der Waals surface area contributed by atoms with E-state index in [9.17, 15) is 8.42 Å². The third-order valence-corrected chi connectivity index (χ3v) is 6.05. The van der Waals surface area contributed by atoms with Crippen LogP contribution in [0.5, 0.6) is 0 Å². The standard InChI is InChI=1S/C19H18N4O2S.2ClH/c20-10-11-21-14-8-9-17-16(12-14)19(23-22-17)26(24,25)18-7-3-5-13-4-1-2-6-15(13)18;;/h1-9,12,21H,10-11,20H2,(H,22,23);2*1H. The van der Waals surface area contributed by atoms with Crippen molar-refractivity contribution in [1.29, 1.82) is 0 Å². The lowest BCUT2D eigenvalue weighted by atomic mass is 10.1. The minimum absolute atomic E-state index is 0. The van der Waals surface area contributed by atoms with Gasteiger partial charge in [0.2, 0.25) is 9.84 Å². The quantitative estimate of drug-likeness (QED) is 0.440. The molecule has 0 radical (unpaired) electrons. The van der Waals surface area contributed by atoms with E-state index in [1.54, 1.807) is 18.2 Å². The molecule has 6 nitrogen and oxygen atoms in total. The van der Waals surface area contributed by atoms with Crippen LogP contribution < -0.4 is 11.1 Å². The highest BCUT2D eigenvalue weighted by atomic mass is 35.5. The van der Waals surface area contributed by atoms with Gasteiger partial charge < -0.3 is 11.1 Å². The summed E-state index contributed by atoms with van der Waals surface area (Å²) in [5.41, 5.74) is 6.99. The second-order valence-corrected chi connectivity index (χ2v) is 7.82. The number of rotatable bonds is 5. The molecule has 0 aliphatic rings. The van der Waals surface area contributed by atoms with Gasteiger partial charge in [0.05, 0.1) is 10.4 Å². The number of hydrogen-bond donors (Lipinski definition) is 3. The highest BCUT2D eigenvalue weighted by Crippen LogP contribution is 2.32. The molecule has 0 saturated heterocycles. The molecular weight excluding hydrogens is 419 g/mol. The van der Waals surface area contributed by atoms with Gasteiger partial charge in [-0.1, -0.05) is 36.4 Å². The average Bonchev–Trinajstić information content (AvgIpc) is 3.10. The maximum atomic E-state index is 13.3. The fourth-order valence-corrected chi connectivity index (χ4v) is 4.62. The van der Waals surface area contributed by atoms with Crippen LogP contribution in [0, 0.1) is 0 Å². The molecule has 0 unspecified atom stereocenters. The van der Waals surface area contributed by atoms with Crippen LogP contribution in [-0.2, 0) is 9.84 Å². The Morgan fingerprint density at radius 3 is 2.50 bits per heavy atom. The van der Waals surface area contributed by atoms with Crippen LogP contribution >= 0.6 is 24.8 Å². The van der Waals surface area contributed by atoms with Crippen molar-refractivity contribution in [2.24, 2.45) is 5.73 Å². The van der Waals surface area contributed by atoms with E-state index in [0.717, 1.165) is 11.1 Å². The first-order valence-electron chi connectivity index (χ1n) is 8.26. The van der Waals surface area contributed by atoms with E-state index >= 15 is 0 Å². The number of nitrogens with two attached hydrogens (primary N) is 1. The fraction of sp³-hybridized carbons (Fsp3) is 0.105. The predicted octanol–water partition coefficient (Wildman–Crippen LogP) is 3.76. The second-order valence-electron chi connectivity index (χ2n) is 5.99. The number of nitrogens with one attached hydrogen (secondary N) is 2. The fourth-order valence-electron chi connectivity index (χ4n) is 3.06. The third kappa shape index (κ3) is 3.79. The van der Waals surface area contributed by atoms with Gasteiger partial charge in [-0.15, -0.1) is 24.8 Å². The Morgan fingerprint density at radius 2 is 1.71 bits per heavy atom. The summed E-state index contributed by atoms with van der Waals surface area (Å²) in [5.74, 6) is 0. The van der Waals surface area contributed by atoms with Crippen LogP contribution in [0.1, 0.15) is 0 Å². The van der Waals surface area contributed by atoms with Crippen LogP contribution in [0.2, 0.25) is 0 Å². The van der Waals surface area contributed by atoms with Gasteiger partial charge in [0, 0.05) is 29.5 Å². The van der Waals surface area contributed by atoms with Crippen LogP contribution in [-0.4, -0.2) is 31.7 Å². The molecule has 0 amide bonds. The summed E-state index contributed by atoms with van der Waals surface area (Å²) in [4.78, 5) is 0.254. The third-order valence-electron chi connectivity index (χ3n) is 4.30. The molecule has 0 aliphatic carbocycles. The summed E-state index contributed by atoms with van der Waals surface area (Å²) in [6.07, 6.45) is 0. The Labute approximate surface area is 175 Å². The topological polar surface area (TPSA) is 101 Å². The highest BCUT2D eigenvalue weighted by Gasteiger charge is 2.25. The van der Waals surface area contributed by atoms with Crippen LogP contribution in [0.3, 0.4) is 0 Å². The van der Waals surface area contributed by atoms with Gasteiger partial charge in [0.15, 0.2) is 5.03 Å². The molecule has 0 spiro atoms.